The molecule has 0 aliphatic heterocycles. The Labute approximate surface area is 213 Å². The van der Waals surface area contributed by atoms with Crippen molar-refractivity contribution in [2.75, 3.05) is 0 Å². The van der Waals surface area contributed by atoms with Gasteiger partial charge >= 0.3 is 5.97 Å². The number of aromatic nitrogens is 2. The molecule has 0 aliphatic carbocycles. The summed E-state index contributed by atoms with van der Waals surface area (Å²) in [5, 5.41) is 9.90. The molecule has 1 heterocycles. The number of nitrogens with zero attached hydrogens (tertiary/aromatic N) is 3. The third-order valence-corrected chi connectivity index (χ3v) is 5.82. The number of ketones is 1. The minimum Gasteiger partial charge on any atom is -0.456 e. The maximum absolute atomic E-state index is 12.8. The maximum Gasteiger partial charge on any atom is 0.339 e. The smallest absolute Gasteiger partial charge is 0.339 e. The number of hydrogen-bond acceptors (Lipinski definition) is 5. The average molecular weight is 486 g/mol. The van der Waals surface area contributed by atoms with Gasteiger partial charge in [0.1, 0.15) is 23.2 Å². The summed E-state index contributed by atoms with van der Waals surface area (Å²) >= 11 is 0. The minimum absolute atomic E-state index is 0.114. The van der Waals surface area contributed by atoms with Gasteiger partial charge in [0.15, 0.2) is 11.5 Å². The van der Waals surface area contributed by atoms with Crippen LogP contribution in [0.15, 0.2) is 48.5 Å². The lowest BCUT2D eigenvalue weighted by atomic mass is 9.98. The highest BCUT2D eigenvalue weighted by Gasteiger charge is 2.24. The fraction of sp³-hybridized carbons (Fsp3) is 0.400. The minimum atomic E-state index is -0.581. The first-order chi connectivity index (χ1) is 17.1. The van der Waals surface area contributed by atoms with E-state index >= 15 is 0 Å². The third-order valence-electron chi connectivity index (χ3n) is 5.82. The van der Waals surface area contributed by atoms with Gasteiger partial charge in [-0.25, -0.2) is 9.78 Å². The average Bonchev–Trinajstić information content (AvgIpc) is 3.18. The lowest BCUT2D eigenvalue weighted by Gasteiger charge is -2.20. The molecular formula is C30H35N3O3. The summed E-state index contributed by atoms with van der Waals surface area (Å²) < 4.78 is 7.46. The molecule has 6 nitrogen and oxygen atoms in total. The van der Waals surface area contributed by atoms with Gasteiger partial charge in [-0.2, -0.15) is 5.26 Å². The Kier molecular flexibility index (Phi) is 8.47. The first-order valence-corrected chi connectivity index (χ1v) is 12.5. The van der Waals surface area contributed by atoms with Gasteiger partial charge in [-0.05, 0) is 49.9 Å². The summed E-state index contributed by atoms with van der Waals surface area (Å²) in [5.74, 6) is 0.0554. The number of benzene rings is 2. The lowest BCUT2D eigenvalue weighted by Crippen LogP contribution is -2.24. The van der Waals surface area contributed by atoms with E-state index in [1.807, 2.05) is 81.7 Å². The highest BCUT2D eigenvalue weighted by Crippen LogP contribution is 2.27. The molecule has 3 rings (SSSR count). The number of unbranched alkanes of at least 4 members (excludes halogenated alkanes) is 1. The molecule has 0 spiro atoms. The second kappa shape index (κ2) is 11.3. The van der Waals surface area contributed by atoms with Crippen LogP contribution in [0.1, 0.15) is 92.3 Å². The van der Waals surface area contributed by atoms with E-state index in [0.29, 0.717) is 24.2 Å². The molecule has 0 radical (unpaired) electrons. The monoisotopic (exact) mass is 485 g/mol. The Hall–Kier alpha value is -3.72. The molecule has 36 heavy (non-hydrogen) atoms. The SMILES string of the molecule is CCCCc1nc(C(=O)C(C)C)c(C#N)n1Cc1ccc(-c2ccccc2C(=O)OC(C)(C)C)cc1. The number of carbonyl (C=O) groups excluding carboxylic acids is 2. The zero-order valence-electron chi connectivity index (χ0n) is 22.1. The summed E-state index contributed by atoms with van der Waals surface area (Å²) in [5.41, 5.74) is 3.19. The van der Waals surface area contributed by atoms with Crippen molar-refractivity contribution in [3.8, 4) is 17.2 Å². The van der Waals surface area contributed by atoms with Gasteiger partial charge in [0.25, 0.3) is 0 Å². The van der Waals surface area contributed by atoms with E-state index in [0.717, 1.165) is 35.4 Å². The van der Waals surface area contributed by atoms with Crippen LogP contribution in [-0.2, 0) is 17.7 Å². The van der Waals surface area contributed by atoms with Crippen molar-refractivity contribution in [3.05, 3.63) is 76.9 Å². The second-order valence-corrected chi connectivity index (χ2v) is 10.3. The van der Waals surface area contributed by atoms with Gasteiger partial charge in [-0.1, -0.05) is 69.7 Å². The van der Waals surface area contributed by atoms with Gasteiger partial charge in [0.2, 0.25) is 0 Å². The Balaban J connectivity index is 1.94. The van der Waals surface area contributed by atoms with Gasteiger partial charge < -0.3 is 9.30 Å². The summed E-state index contributed by atoms with van der Waals surface area (Å²) in [6.45, 7) is 11.7. The van der Waals surface area contributed by atoms with Crippen LogP contribution >= 0.6 is 0 Å². The lowest BCUT2D eigenvalue weighted by molar-refractivity contribution is 0.00703. The molecule has 0 aliphatic rings. The molecule has 0 saturated heterocycles. The van der Waals surface area contributed by atoms with Crippen LogP contribution in [0.3, 0.4) is 0 Å². The third kappa shape index (κ3) is 6.28. The summed E-state index contributed by atoms with van der Waals surface area (Å²) in [7, 11) is 0. The number of carbonyl (C=O) groups is 2. The van der Waals surface area contributed by atoms with E-state index in [-0.39, 0.29) is 23.4 Å². The fourth-order valence-corrected chi connectivity index (χ4v) is 3.97. The number of esters is 1. The first kappa shape index (κ1) is 26.9. The number of ether oxygens (including phenoxy) is 1. The van der Waals surface area contributed by atoms with Crippen molar-refractivity contribution in [1.29, 1.82) is 5.26 Å². The molecule has 0 bridgehead atoms. The van der Waals surface area contributed by atoms with E-state index in [1.54, 1.807) is 6.07 Å². The molecule has 0 N–H and O–H groups in total. The first-order valence-electron chi connectivity index (χ1n) is 12.5. The topological polar surface area (TPSA) is 85.0 Å². The Bertz CT molecular complexity index is 1270. The predicted octanol–water partition coefficient (Wildman–Crippen LogP) is 6.61. The maximum atomic E-state index is 12.8. The Morgan fingerprint density at radius 1 is 1.08 bits per heavy atom. The van der Waals surface area contributed by atoms with E-state index in [2.05, 4.69) is 18.0 Å². The highest BCUT2D eigenvalue weighted by atomic mass is 16.6. The number of Topliss-reactive ketones (excluding diaryl/α,β-unsaturated/α-hetero) is 1. The molecule has 0 atom stereocenters. The van der Waals surface area contributed by atoms with Crippen LogP contribution in [0.2, 0.25) is 0 Å². The zero-order chi connectivity index (χ0) is 26.5. The molecule has 2 aromatic carbocycles. The zero-order valence-corrected chi connectivity index (χ0v) is 22.1. The molecule has 0 fully saturated rings. The summed E-state index contributed by atoms with van der Waals surface area (Å²) in [4.78, 5) is 30.1. The number of aryl methyl sites for hydroxylation is 1. The number of hydrogen-bond donors (Lipinski definition) is 0. The molecule has 188 valence electrons. The molecule has 1 aromatic heterocycles. The highest BCUT2D eigenvalue weighted by molar-refractivity contribution is 5.98. The van der Waals surface area contributed by atoms with Gasteiger partial charge in [-0.15, -0.1) is 0 Å². The van der Waals surface area contributed by atoms with Crippen LogP contribution in [0.4, 0.5) is 0 Å². The van der Waals surface area contributed by atoms with Crippen LogP contribution in [0, 0.1) is 17.2 Å². The van der Waals surface area contributed by atoms with Crippen molar-refractivity contribution >= 4 is 11.8 Å². The van der Waals surface area contributed by atoms with Gasteiger partial charge in [0, 0.05) is 12.3 Å². The quantitative estimate of drug-likeness (QED) is 0.252. The molecule has 0 unspecified atom stereocenters. The fourth-order valence-electron chi connectivity index (χ4n) is 3.97. The van der Waals surface area contributed by atoms with Crippen LogP contribution < -0.4 is 0 Å². The number of nitriles is 1. The molecule has 3 aromatic rings. The number of rotatable bonds is 9. The normalized spacial score (nSPS) is 11.4. The van der Waals surface area contributed by atoms with Crippen LogP contribution in [-0.4, -0.2) is 26.9 Å². The van der Waals surface area contributed by atoms with E-state index < -0.39 is 5.60 Å². The summed E-state index contributed by atoms with van der Waals surface area (Å²) in [6, 6.07) is 17.5. The summed E-state index contributed by atoms with van der Waals surface area (Å²) in [6.07, 6.45) is 2.63. The van der Waals surface area contributed by atoms with Gasteiger partial charge in [-0.3, -0.25) is 4.79 Å². The predicted molar refractivity (Wildman–Crippen MR) is 141 cm³/mol. The largest absolute Gasteiger partial charge is 0.456 e. The van der Waals surface area contributed by atoms with Gasteiger partial charge in [0.05, 0.1) is 12.1 Å². The molecular weight excluding hydrogens is 450 g/mol. The standard InChI is InChI=1S/C30H35N3O3/c1-7-8-13-26-32-27(28(34)20(2)3)25(18-31)33(26)19-21-14-16-22(17-15-21)23-11-9-10-12-24(23)29(35)36-30(4,5)6/h9-12,14-17,20H,7-8,13,19H2,1-6H3. The van der Waals surface area contributed by atoms with Crippen LogP contribution in [0.25, 0.3) is 11.1 Å². The van der Waals surface area contributed by atoms with E-state index in [4.69, 9.17) is 4.74 Å². The van der Waals surface area contributed by atoms with Crippen molar-refractivity contribution < 1.29 is 14.3 Å². The van der Waals surface area contributed by atoms with Crippen molar-refractivity contribution in [3.63, 3.8) is 0 Å². The Morgan fingerprint density at radius 3 is 2.33 bits per heavy atom. The van der Waals surface area contributed by atoms with Crippen molar-refractivity contribution in [2.24, 2.45) is 5.92 Å². The molecule has 0 saturated carbocycles. The van der Waals surface area contributed by atoms with E-state index in [1.165, 1.54) is 0 Å². The molecule has 0 amide bonds. The second-order valence-electron chi connectivity index (χ2n) is 10.3. The van der Waals surface area contributed by atoms with E-state index in [9.17, 15) is 14.9 Å². The van der Waals surface area contributed by atoms with Crippen molar-refractivity contribution in [1.82, 2.24) is 9.55 Å². The molecule has 6 heteroatoms. The van der Waals surface area contributed by atoms with Crippen molar-refractivity contribution in [2.45, 2.75) is 73.0 Å². The number of imidazole rings is 1. The Morgan fingerprint density at radius 2 is 1.75 bits per heavy atom. The van der Waals surface area contributed by atoms with Crippen LogP contribution in [0.5, 0.6) is 0 Å².